The van der Waals surface area contributed by atoms with E-state index in [1.165, 1.54) is 12.1 Å². The third-order valence-corrected chi connectivity index (χ3v) is 4.38. The molecule has 1 aliphatic rings. The van der Waals surface area contributed by atoms with Gasteiger partial charge in [0.15, 0.2) is 5.84 Å². The van der Waals surface area contributed by atoms with Crippen molar-refractivity contribution in [2.45, 2.75) is 4.90 Å². The van der Waals surface area contributed by atoms with E-state index in [-0.39, 0.29) is 22.0 Å². The van der Waals surface area contributed by atoms with Gasteiger partial charge in [0.05, 0.1) is 11.3 Å². The first-order valence-corrected chi connectivity index (χ1v) is 7.47. The Balaban J connectivity index is 2.07. The fourth-order valence-corrected chi connectivity index (χ4v) is 3.28. The van der Waals surface area contributed by atoms with Gasteiger partial charge in [-0.05, 0) is 24.3 Å². The van der Waals surface area contributed by atoms with Crippen LogP contribution < -0.4 is 5.32 Å². The van der Waals surface area contributed by atoms with Gasteiger partial charge in [0, 0.05) is 5.56 Å². The topological polar surface area (TPSA) is 95.8 Å². The monoisotopic (exact) mass is 302 g/mol. The fourth-order valence-electron chi connectivity index (χ4n) is 2.10. The van der Waals surface area contributed by atoms with E-state index in [4.69, 9.17) is 5.11 Å². The number of anilines is 1. The fraction of sp³-hybridized carbons (Fsp3) is 0. The summed E-state index contributed by atoms with van der Waals surface area (Å²) in [5, 5.41) is 11.9. The molecule has 2 N–H and O–H groups in total. The predicted octanol–water partition coefficient (Wildman–Crippen LogP) is 1.95. The van der Waals surface area contributed by atoms with Gasteiger partial charge >= 0.3 is 5.97 Å². The Morgan fingerprint density at radius 3 is 2.48 bits per heavy atom. The summed E-state index contributed by atoms with van der Waals surface area (Å²) in [6.45, 7) is 0. The summed E-state index contributed by atoms with van der Waals surface area (Å²) < 4.78 is 27.5. The molecule has 0 aromatic heterocycles. The number of carboxylic acid groups (broad SMARTS) is 1. The van der Waals surface area contributed by atoms with E-state index >= 15 is 0 Å². The first kappa shape index (κ1) is 13.3. The number of sulfonamides is 1. The Morgan fingerprint density at radius 1 is 1.05 bits per heavy atom. The van der Waals surface area contributed by atoms with E-state index in [9.17, 15) is 13.2 Å². The van der Waals surface area contributed by atoms with Gasteiger partial charge in [-0.15, -0.1) is 4.40 Å². The van der Waals surface area contributed by atoms with Gasteiger partial charge in [0.2, 0.25) is 0 Å². The first-order chi connectivity index (χ1) is 9.99. The molecule has 0 bridgehead atoms. The van der Waals surface area contributed by atoms with Crippen LogP contribution in [0.2, 0.25) is 0 Å². The van der Waals surface area contributed by atoms with E-state index < -0.39 is 16.0 Å². The highest BCUT2D eigenvalue weighted by molar-refractivity contribution is 7.90. The second-order valence-electron chi connectivity index (χ2n) is 4.39. The molecule has 106 valence electrons. The van der Waals surface area contributed by atoms with Crippen LogP contribution in [0.15, 0.2) is 57.8 Å². The number of para-hydroxylation sites is 1. The number of aromatic carboxylic acids is 1. The van der Waals surface area contributed by atoms with E-state index in [1.54, 1.807) is 36.4 Å². The second kappa shape index (κ2) is 4.71. The summed E-state index contributed by atoms with van der Waals surface area (Å²) in [5.41, 5.74) is 0.760. The van der Waals surface area contributed by atoms with Crippen LogP contribution in [0.5, 0.6) is 0 Å². The summed E-state index contributed by atoms with van der Waals surface area (Å²) in [6.07, 6.45) is 0. The smallest absolute Gasteiger partial charge is 0.337 e. The van der Waals surface area contributed by atoms with Gasteiger partial charge < -0.3 is 10.4 Å². The zero-order valence-corrected chi connectivity index (χ0v) is 11.5. The van der Waals surface area contributed by atoms with Crippen LogP contribution in [-0.2, 0) is 10.0 Å². The minimum Gasteiger partial charge on any atom is -0.478 e. The number of carbonyl (C=O) groups is 1. The minimum atomic E-state index is -3.73. The number of carboxylic acids is 1. The van der Waals surface area contributed by atoms with Crippen molar-refractivity contribution in [3.63, 3.8) is 0 Å². The molecule has 0 atom stereocenters. The SMILES string of the molecule is O=C(O)c1ccccc1NC1=NS(=O)(=O)c2ccccc21. The summed E-state index contributed by atoms with van der Waals surface area (Å²) in [6, 6.07) is 12.6. The van der Waals surface area contributed by atoms with Crippen LogP contribution in [0.25, 0.3) is 0 Å². The zero-order chi connectivity index (χ0) is 15.0. The average molecular weight is 302 g/mol. The van der Waals surface area contributed by atoms with Gasteiger partial charge in [0.25, 0.3) is 10.0 Å². The first-order valence-electron chi connectivity index (χ1n) is 6.03. The molecule has 0 unspecified atom stereocenters. The normalized spacial score (nSPS) is 15.1. The number of hydrogen-bond donors (Lipinski definition) is 2. The Kier molecular flexibility index (Phi) is 2.99. The van der Waals surface area contributed by atoms with Gasteiger partial charge in [-0.25, -0.2) is 4.79 Å². The molecule has 0 saturated heterocycles. The molecule has 0 aliphatic carbocycles. The molecule has 0 amide bonds. The van der Waals surface area contributed by atoms with Crippen LogP contribution >= 0.6 is 0 Å². The summed E-state index contributed by atoms with van der Waals surface area (Å²) in [5.74, 6) is -0.980. The third-order valence-electron chi connectivity index (χ3n) is 3.04. The number of nitrogens with zero attached hydrogens (tertiary/aromatic N) is 1. The van der Waals surface area contributed by atoms with Crippen molar-refractivity contribution >= 4 is 27.5 Å². The van der Waals surface area contributed by atoms with Crippen LogP contribution in [0, 0.1) is 0 Å². The average Bonchev–Trinajstić information content (AvgIpc) is 2.71. The van der Waals surface area contributed by atoms with Gasteiger partial charge in [0.1, 0.15) is 4.90 Å². The Bertz CT molecular complexity index is 872. The number of hydrogen-bond acceptors (Lipinski definition) is 4. The molecule has 0 spiro atoms. The van der Waals surface area contributed by atoms with Crippen molar-refractivity contribution in [3.8, 4) is 0 Å². The van der Waals surface area contributed by atoms with E-state index in [0.717, 1.165) is 0 Å². The van der Waals surface area contributed by atoms with Crippen molar-refractivity contribution < 1.29 is 18.3 Å². The number of nitrogens with one attached hydrogen (secondary N) is 1. The maximum atomic E-state index is 11.9. The van der Waals surface area contributed by atoms with Crippen molar-refractivity contribution in [1.82, 2.24) is 0 Å². The van der Waals surface area contributed by atoms with Crippen molar-refractivity contribution in [1.29, 1.82) is 0 Å². The van der Waals surface area contributed by atoms with Crippen molar-refractivity contribution in [2.75, 3.05) is 5.32 Å². The van der Waals surface area contributed by atoms with E-state index in [1.807, 2.05) is 0 Å². The molecule has 2 aromatic rings. The number of amidine groups is 1. The maximum Gasteiger partial charge on any atom is 0.337 e. The van der Waals surface area contributed by atoms with E-state index in [0.29, 0.717) is 5.56 Å². The minimum absolute atomic E-state index is 0.0435. The largest absolute Gasteiger partial charge is 0.478 e. The quantitative estimate of drug-likeness (QED) is 0.884. The maximum absolute atomic E-state index is 11.9. The lowest BCUT2D eigenvalue weighted by molar-refractivity contribution is 0.0698. The highest BCUT2D eigenvalue weighted by Gasteiger charge is 2.28. The molecule has 6 nitrogen and oxygen atoms in total. The molecule has 0 saturated carbocycles. The second-order valence-corrected chi connectivity index (χ2v) is 5.96. The Morgan fingerprint density at radius 2 is 1.71 bits per heavy atom. The Hall–Kier alpha value is -2.67. The standard InChI is InChI=1S/C14H10N2O4S/c17-14(18)9-5-1-3-7-11(9)15-13-10-6-2-4-8-12(10)21(19,20)16-13/h1-8H,(H,15,16)(H,17,18). The molecular formula is C14H10N2O4S. The molecule has 1 aliphatic heterocycles. The molecule has 0 fully saturated rings. The zero-order valence-electron chi connectivity index (χ0n) is 10.6. The summed E-state index contributed by atoms with van der Waals surface area (Å²) in [7, 11) is -3.73. The van der Waals surface area contributed by atoms with Gasteiger partial charge in [-0.1, -0.05) is 24.3 Å². The highest BCUT2D eigenvalue weighted by Crippen LogP contribution is 2.27. The molecule has 0 radical (unpaired) electrons. The molecule has 2 aromatic carbocycles. The lowest BCUT2D eigenvalue weighted by Gasteiger charge is -2.09. The summed E-state index contributed by atoms with van der Waals surface area (Å²) >= 11 is 0. The summed E-state index contributed by atoms with van der Waals surface area (Å²) in [4.78, 5) is 11.3. The number of benzene rings is 2. The van der Waals surface area contributed by atoms with Crippen molar-refractivity contribution in [2.24, 2.45) is 4.40 Å². The number of rotatable bonds is 2. The lowest BCUT2D eigenvalue weighted by atomic mass is 10.1. The van der Waals surface area contributed by atoms with Gasteiger partial charge in [-0.3, -0.25) is 0 Å². The molecule has 1 heterocycles. The lowest BCUT2D eigenvalue weighted by Crippen LogP contribution is -2.14. The van der Waals surface area contributed by atoms with Crippen LogP contribution in [0.1, 0.15) is 15.9 Å². The van der Waals surface area contributed by atoms with Crippen LogP contribution in [-0.4, -0.2) is 25.3 Å². The van der Waals surface area contributed by atoms with Crippen LogP contribution in [0.4, 0.5) is 5.69 Å². The van der Waals surface area contributed by atoms with Gasteiger partial charge in [-0.2, -0.15) is 8.42 Å². The molecule has 3 rings (SSSR count). The number of fused-ring (bicyclic) bond motifs is 1. The highest BCUT2D eigenvalue weighted by atomic mass is 32.2. The van der Waals surface area contributed by atoms with E-state index in [2.05, 4.69) is 9.71 Å². The predicted molar refractivity (Wildman–Crippen MR) is 77.2 cm³/mol. The molecule has 7 heteroatoms. The Labute approximate surface area is 120 Å². The van der Waals surface area contributed by atoms with Crippen LogP contribution in [0.3, 0.4) is 0 Å². The molecule has 21 heavy (non-hydrogen) atoms. The van der Waals surface area contributed by atoms with Crippen molar-refractivity contribution in [3.05, 3.63) is 59.7 Å². The molecular weight excluding hydrogens is 292 g/mol. The third kappa shape index (κ3) is 2.27.